The van der Waals surface area contributed by atoms with Gasteiger partial charge in [-0.2, -0.15) is 0 Å². The van der Waals surface area contributed by atoms with E-state index in [1.165, 1.54) is 0 Å². The number of benzene rings is 1. The van der Waals surface area contributed by atoms with Gasteiger partial charge in [-0.3, -0.25) is 4.79 Å². The van der Waals surface area contributed by atoms with Gasteiger partial charge in [0.2, 0.25) is 5.91 Å². The maximum Gasteiger partial charge on any atom is 0.240 e. The van der Waals surface area contributed by atoms with Crippen LogP contribution in [0.2, 0.25) is 0 Å². The summed E-state index contributed by atoms with van der Waals surface area (Å²) in [6, 6.07) is 8.78. The van der Waals surface area contributed by atoms with Crippen molar-refractivity contribution < 1.29 is 4.79 Å². The highest BCUT2D eigenvalue weighted by Gasteiger charge is 2.05. The number of para-hydroxylation sites is 1. The molecule has 0 saturated heterocycles. The van der Waals surface area contributed by atoms with Crippen LogP contribution in [0.15, 0.2) is 30.3 Å². The molecule has 0 aliphatic carbocycles. The second-order valence-corrected chi connectivity index (χ2v) is 2.64. The molecule has 1 aromatic carbocycles. The summed E-state index contributed by atoms with van der Waals surface area (Å²) in [6.07, 6.45) is 0. The van der Waals surface area contributed by atoms with Gasteiger partial charge in [-0.15, -0.1) is 0 Å². The number of rotatable bonds is 2. The fraction of sp³-hybridized carbons (Fsp3) is 0.222. The van der Waals surface area contributed by atoms with E-state index >= 15 is 0 Å². The zero-order valence-corrected chi connectivity index (χ0v) is 6.95. The highest BCUT2D eigenvalue weighted by atomic mass is 16.2. The van der Waals surface area contributed by atoms with Gasteiger partial charge in [-0.05, 0) is 19.1 Å². The quantitative estimate of drug-likeness (QED) is 0.684. The first-order chi connectivity index (χ1) is 5.70. The fourth-order valence-electron chi connectivity index (χ4n) is 0.778. The summed E-state index contributed by atoms with van der Waals surface area (Å²) in [5.41, 5.74) is 6.15. The van der Waals surface area contributed by atoms with Crippen LogP contribution < -0.4 is 11.1 Å². The number of hydrogen-bond donors (Lipinski definition) is 2. The van der Waals surface area contributed by atoms with Crippen molar-refractivity contribution in [3.8, 4) is 0 Å². The molecular weight excluding hydrogens is 152 g/mol. The minimum Gasteiger partial charge on any atom is -0.325 e. The van der Waals surface area contributed by atoms with Gasteiger partial charge in [0.05, 0.1) is 6.04 Å². The van der Waals surface area contributed by atoms with Crippen molar-refractivity contribution in [3.63, 3.8) is 0 Å². The summed E-state index contributed by atoms with van der Waals surface area (Å²) in [5.74, 6) is -0.166. The highest BCUT2D eigenvalue weighted by molar-refractivity contribution is 5.94. The average molecular weight is 164 g/mol. The van der Waals surface area contributed by atoms with Crippen molar-refractivity contribution in [2.24, 2.45) is 5.73 Å². The van der Waals surface area contributed by atoms with Crippen LogP contribution in [0.5, 0.6) is 0 Å². The third-order valence-corrected chi connectivity index (χ3v) is 1.45. The van der Waals surface area contributed by atoms with E-state index in [4.69, 9.17) is 5.73 Å². The van der Waals surface area contributed by atoms with Gasteiger partial charge < -0.3 is 11.1 Å². The number of anilines is 1. The monoisotopic (exact) mass is 164 g/mol. The summed E-state index contributed by atoms with van der Waals surface area (Å²) in [7, 11) is 0. The van der Waals surface area contributed by atoms with Crippen molar-refractivity contribution in [1.82, 2.24) is 0 Å². The molecule has 0 aromatic heterocycles. The van der Waals surface area contributed by atoms with E-state index in [2.05, 4.69) is 5.32 Å². The van der Waals surface area contributed by atoms with Crippen LogP contribution in [0.1, 0.15) is 6.92 Å². The molecule has 0 bridgehead atoms. The van der Waals surface area contributed by atoms with Crippen LogP contribution in [-0.4, -0.2) is 11.9 Å². The van der Waals surface area contributed by atoms with Crippen molar-refractivity contribution in [3.05, 3.63) is 30.3 Å². The maximum atomic E-state index is 11.1. The zero-order valence-electron chi connectivity index (χ0n) is 6.95. The molecule has 0 saturated carbocycles. The van der Waals surface area contributed by atoms with Crippen LogP contribution in [0.4, 0.5) is 5.69 Å². The molecule has 0 aliphatic rings. The molecule has 0 fully saturated rings. The van der Waals surface area contributed by atoms with Gasteiger partial charge in [0.25, 0.3) is 0 Å². The van der Waals surface area contributed by atoms with E-state index in [0.29, 0.717) is 0 Å². The SMILES string of the molecule is C[C@H](N)C(=O)Nc1ccccc1. The first-order valence-corrected chi connectivity index (χ1v) is 3.81. The first-order valence-electron chi connectivity index (χ1n) is 3.81. The Balaban J connectivity index is 2.59. The Bertz CT molecular complexity index is 256. The molecule has 3 heteroatoms. The Morgan fingerprint density at radius 2 is 2.00 bits per heavy atom. The third kappa shape index (κ3) is 2.36. The molecule has 0 radical (unpaired) electrons. The van der Waals surface area contributed by atoms with Crippen molar-refractivity contribution >= 4 is 11.6 Å². The molecule has 64 valence electrons. The predicted molar refractivity (Wildman–Crippen MR) is 48.7 cm³/mol. The Kier molecular flexibility index (Phi) is 2.82. The summed E-state index contributed by atoms with van der Waals surface area (Å²) < 4.78 is 0. The Hall–Kier alpha value is -1.35. The number of hydrogen-bond acceptors (Lipinski definition) is 2. The van der Waals surface area contributed by atoms with Crippen molar-refractivity contribution in [2.45, 2.75) is 13.0 Å². The Morgan fingerprint density at radius 3 is 2.50 bits per heavy atom. The van der Waals surface area contributed by atoms with Gasteiger partial charge in [0, 0.05) is 5.69 Å². The normalized spacial score (nSPS) is 12.2. The molecule has 1 amide bonds. The summed E-state index contributed by atoms with van der Waals surface area (Å²) in [5, 5.41) is 2.68. The molecule has 3 N–H and O–H groups in total. The van der Waals surface area contributed by atoms with Crippen molar-refractivity contribution in [1.29, 1.82) is 0 Å². The summed E-state index contributed by atoms with van der Waals surface area (Å²) in [4.78, 5) is 11.1. The maximum absolute atomic E-state index is 11.1. The predicted octanol–water partition coefficient (Wildman–Crippen LogP) is 0.972. The van der Waals surface area contributed by atoms with Crippen LogP contribution in [0.3, 0.4) is 0 Å². The zero-order chi connectivity index (χ0) is 8.97. The molecule has 3 nitrogen and oxygen atoms in total. The van der Waals surface area contributed by atoms with Crippen LogP contribution >= 0.6 is 0 Å². The van der Waals surface area contributed by atoms with E-state index in [1.54, 1.807) is 6.92 Å². The van der Waals surface area contributed by atoms with E-state index in [-0.39, 0.29) is 5.91 Å². The molecule has 0 heterocycles. The smallest absolute Gasteiger partial charge is 0.240 e. The molecule has 1 aromatic rings. The van der Waals surface area contributed by atoms with Gasteiger partial charge in [0.1, 0.15) is 0 Å². The van der Waals surface area contributed by atoms with E-state index in [0.717, 1.165) is 5.69 Å². The molecule has 0 aliphatic heterocycles. The van der Waals surface area contributed by atoms with Crippen LogP contribution in [0, 0.1) is 0 Å². The lowest BCUT2D eigenvalue weighted by molar-refractivity contribution is -0.117. The molecule has 1 atom stereocenters. The molecular formula is C9H12N2O. The lowest BCUT2D eigenvalue weighted by Gasteiger charge is -2.06. The average Bonchev–Trinajstić information content (AvgIpc) is 2.06. The summed E-state index contributed by atoms with van der Waals surface area (Å²) in [6.45, 7) is 1.65. The minimum absolute atomic E-state index is 0.166. The fourth-order valence-corrected chi connectivity index (χ4v) is 0.778. The third-order valence-electron chi connectivity index (χ3n) is 1.45. The van der Waals surface area contributed by atoms with E-state index < -0.39 is 6.04 Å². The number of nitrogens with one attached hydrogen (secondary N) is 1. The Labute approximate surface area is 71.6 Å². The number of carbonyl (C=O) groups is 1. The first kappa shape index (κ1) is 8.74. The highest BCUT2D eigenvalue weighted by Crippen LogP contribution is 2.04. The lowest BCUT2D eigenvalue weighted by atomic mass is 10.3. The topological polar surface area (TPSA) is 55.1 Å². The Morgan fingerprint density at radius 1 is 1.42 bits per heavy atom. The van der Waals surface area contributed by atoms with Gasteiger partial charge in [-0.1, -0.05) is 18.2 Å². The molecule has 0 spiro atoms. The number of amides is 1. The standard InChI is InChI=1S/C9H12N2O/c1-7(10)9(12)11-8-5-3-2-4-6-8/h2-7H,10H2,1H3,(H,11,12)/t7-/m0/s1. The summed E-state index contributed by atoms with van der Waals surface area (Å²) >= 11 is 0. The van der Waals surface area contributed by atoms with Crippen molar-refractivity contribution in [2.75, 3.05) is 5.32 Å². The second kappa shape index (κ2) is 3.88. The largest absolute Gasteiger partial charge is 0.325 e. The number of carbonyl (C=O) groups excluding carboxylic acids is 1. The van der Waals surface area contributed by atoms with Gasteiger partial charge in [0.15, 0.2) is 0 Å². The van der Waals surface area contributed by atoms with Crippen LogP contribution in [-0.2, 0) is 4.79 Å². The van der Waals surface area contributed by atoms with E-state index in [9.17, 15) is 4.79 Å². The van der Waals surface area contributed by atoms with Gasteiger partial charge in [-0.25, -0.2) is 0 Å². The minimum atomic E-state index is -0.467. The molecule has 0 unspecified atom stereocenters. The number of nitrogens with two attached hydrogens (primary N) is 1. The molecule has 1 rings (SSSR count). The molecule has 12 heavy (non-hydrogen) atoms. The lowest BCUT2D eigenvalue weighted by Crippen LogP contribution is -2.32. The van der Waals surface area contributed by atoms with Crippen LogP contribution in [0.25, 0.3) is 0 Å². The van der Waals surface area contributed by atoms with E-state index in [1.807, 2.05) is 30.3 Å². The second-order valence-electron chi connectivity index (χ2n) is 2.64. The van der Waals surface area contributed by atoms with Gasteiger partial charge >= 0.3 is 0 Å².